The third-order valence-corrected chi connectivity index (χ3v) is 5.51. The summed E-state index contributed by atoms with van der Waals surface area (Å²) in [6.07, 6.45) is -0.550. The number of amides is 1. The number of hydrogen-bond acceptors (Lipinski definition) is 5. The number of benzene rings is 2. The highest BCUT2D eigenvalue weighted by molar-refractivity contribution is 6.33. The number of carbonyl (C=O) groups is 1. The predicted octanol–water partition coefficient (Wildman–Crippen LogP) is 3.97. The molecule has 1 amide bonds. The second kappa shape index (κ2) is 8.02. The van der Waals surface area contributed by atoms with Gasteiger partial charge < -0.3 is 20.2 Å². The molecule has 0 bridgehead atoms. The molecule has 3 heterocycles. The van der Waals surface area contributed by atoms with Crippen molar-refractivity contribution < 1.29 is 14.3 Å². The van der Waals surface area contributed by atoms with Crippen molar-refractivity contribution >= 4 is 28.7 Å². The van der Waals surface area contributed by atoms with Gasteiger partial charge in [0, 0.05) is 12.0 Å². The molecule has 1 aliphatic heterocycles. The normalized spacial score (nSPS) is 18.4. The maximum Gasteiger partial charge on any atom is 0.296 e. The number of fused-ring (bicyclic) bond motifs is 1. The highest BCUT2D eigenvalue weighted by Crippen LogP contribution is 2.31. The second-order valence-corrected chi connectivity index (χ2v) is 7.78. The molecule has 1 saturated heterocycles. The van der Waals surface area contributed by atoms with E-state index in [4.69, 9.17) is 26.8 Å². The fraction of sp³-hybridized carbons (Fsp3) is 0.174. The van der Waals surface area contributed by atoms with E-state index in [2.05, 4.69) is 27.1 Å². The van der Waals surface area contributed by atoms with Gasteiger partial charge in [-0.15, -0.1) is 0 Å². The molecule has 2 atom stereocenters. The molecule has 0 spiro atoms. The first-order valence-electron chi connectivity index (χ1n) is 9.86. The van der Waals surface area contributed by atoms with Gasteiger partial charge in [-0.2, -0.15) is 4.98 Å². The van der Waals surface area contributed by atoms with E-state index in [1.807, 2.05) is 42.5 Å². The Hall–Kier alpha value is -3.42. The quantitative estimate of drug-likeness (QED) is 0.494. The number of carbonyl (C=O) groups excluding carboxylic acids is 1. The third-order valence-electron chi connectivity index (χ3n) is 5.23. The lowest BCUT2D eigenvalue weighted by Crippen LogP contribution is -2.28. The van der Waals surface area contributed by atoms with Gasteiger partial charge in [0.05, 0.1) is 22.8 Å². The molecule has 0 radical (unpaired) electrons. The molecule has 0 aliphatic carbocycles. The molecule has 4 aromatic rings. The molecule has 5 rings (SSSR count). The predicted molar refractivity (Wildman–Crippen MR) is 118 cm³/mol. The van der Waals surface area contributed by atoms with E-state index >= 15 is 0 Å². The van der Waals surface area contributed by atoms with Crippen LogP contribution in [0.15, 0.2) is 60.7 Å². The molecule has 7 nitrogen and oxygen atoms in total. The van der Waals surface area contributed by atoms with Crippen LogP contribution in [0.2, 0.25) is 5.02 Å². The lowest BCUT2D eigenvalue weighted by atomic mass is 10.0. The molecule has 2 aromatic carbocycles. The monoisotopic (exact) mass is 434 g/mol. The van der Waals surface area contributed by atoms with Gasteiger partial charge in [-0.1, -0.05) is 66.2 Å². The number of aromatic nitrogens is 3. The smallest absolute Gasteiger partial charge is 0.296 e. The van der Waals surface area contributed by atoms with Crippen molar-refractivity contribution in [2.24, 2.45) is 5.73 Å². The molecule has 2 aromatic heterocycles. The minimum absolute atomic E-state index is 0.276. The van der Waals surface area contributed by atoms with Gasteiger partial charge in [0.2, 0.25) is 5.91 Å². The van der Waals surface area contributed by atoms with E-state index in [0.29, 0.717) is 34.3 Å². The summed E-state index contributed by atoms with van der Waals surface area (Å²) in [6.45, 7) is 0.276. The van der Waals surface area contributed by atoms with Crippen molar-refractivity contribution in [1.82, 2.24) is 15.0 Å². The van der Waals surface area contributed by atoms with E-state index in [1.165, 1.54) is 0 Å². The van der Waals surface area contributed by atoms with Gasteiger partial charge in [0.25, 0.3) is 6.01 Å². The lowest BCUT2D eigenvalue weighted by molar-refractivity contribution is -0.126. The maximum absolute atomic E-state index is 11.2. The van der Waals surface area contributed by atoms with Crippen LogP contribution in [-0.4, -0.2) is 39.7 Å². The zero-order valence-corrected chi connectivity index (χ0v) is 17.2. The van der Waals surface area contributed by atoms with Gasteiger partial charge in [-0.05, 0) is 17.2 Å². The van der Waals surface area contributed by atoms with Crippen LogP contribution in [0.1, 0.15) is 6.42 Å². The molecule has 1 aliphatic rings. The first-order valence-corrected chi connectivity index (χ1v) is 10.2. The van der Waals surface area contributed by atoms with Crippen LogP contribution < -0.4 is 10.5 Å². The second-order valence-electron chi connectivity index (χ2n) is 7.38. The Kier molecular flexibility index (Phi) is 5.05. The largest absolute Gasteiger partial charge is 0.459 e. The summed E-state index contributed by atoms with van der Waals surface area (Å²) < 4.78 is 11.1. The Morgan fingerprint density at radius 1 is 1.06 bits per heavy atom. The summed E-state index contributed by atoms with van der Waals surface area (Å²) in [5.74, 6) is -0.493. The topological polar surface area (TPSA) is 103 Å². The van der Waals surface area contributed by atoms with Crippen molar-refractivity contribution in [3.05, 3.63) is 65.7 Å². The summed E-state index contributed by atoms with van der Waals surface area (Å²) in [4.78, 5) is 23.4. The van der Waals surface area contributed by atoms with E-state index in [1.54, 1.807) is 6.07 Å². The summed E-state index contributed by atoms with van der Waals surface area (Å²) in [7, 11) is 0. The van der Waals surface area contributed by atoms with E-state index in [0.717, 1.165) is 16.7 Å². The highest BCUT2D eigenvalue weighted by atomic mass is 35.5. The van der Waals surface area contributed by atoms with E-state index in [9.17, 15) is 4.79 Å². The van der Waals surface area contributed by atoms with Gasteiger partial charge in [0.1, 0.15) is 12.2 Å². The SMILES string of the molecule is NC(=O)[C@@H]1C[C@H](Oc2nc3nc(-c4ccc(-c5ccccc5)cc4)c(Cl)cc3[nH]2)CO1. The Morgan fingerprint density at radius 2 is 1.77 bits per heavy atom. The fourth-order valence-electron chi connectivity index (χ4n) is 3.64. The van der Waals surface area contributed by atoms with Crippen LogP contribution >= 0.6 is 11.6 Å². The van der Waals surface area contributed by atoms with Gasteiger partial charge in [0.15, 0.2) is 5.65 Å². The molecular weight excluding hydrogens is 416 g/mol. The number of ether oxygens (including phenoxy) is 2. The highest BCUT2D eigenvalue weighted by Gasteiger charge is 2.31. The van der Waals surface area contributed by atoms with Crippen LogP contribution in [0.25, 0.3) is 33.5 Å². The van der Waals surface area contributed by atoms with Crippen molar-refractivity contribution in [3.8, 4) is 28.4 Å². The van der Waals surface area contributed by atoms with Gasteiger partial charge in [-0.25, -0.2) is 4.98 Å². The average Bonchev–Trinajstić information content (AvgIpc) is 3.40. The standard InChI is InChI=1S/C23H19ClN4O3/c24-17-11-18-22(28-23(26-18)31-16-10-19(21(25)29)30-12-16)27-20(17)15-8-6-14(7-9-15)13-4-2-1-3-5-13/h1-9,11,16,19H,10,12H2,(H2,25,29)(H,26,27,28)/t16-,19-/m0/s1. The van der Waals surface area contributed by atoms with E-state index < -0.39 is 12.0 Å². The Labute approximate surface area is 183 Å². The number of nitrogens with two attached hydrogens (primary N) is 1. The Morgan fingerprint density at radius 3 is 2.48 bits per heavy atom. The van der Waals surface area contributed by atoms with Crippen LogP contribution in [0, 0.1) is 0 Å². The zero-order valence-electron chi connectivity index (χ0n) is 16.4. The van der Waals surface area contributed by atoms with Crippen LogP contribution in [-0.2, 0) is 9.53 Å². The molecule has 0 unspecified atom stereocenters. The maximum atomic E-state index is 11.2. The van der Waals surface area contributed by atoms with Crippen molar-refractivity contribution in [3.63, 3.8) is 0 Å². The van der Waals surface area contributed by atoms with Gasteiger partial charge >= 0.3 is 0 Å². The number of primary amides is 1. The molecule has 156 valence electrons. The van der Waals surface area contributed by atoms with Crippen molar-refractivity contribution in [1.29, 1.82) is 0 Å². The average molecular weight is 435 g/mol. The van der Waals surface area contributed by atoms with Gasteiger partial charge in [-0.3, -0.25) is 4.79 Å². The minimum atomic E-state index is -0.632. The van der Waals surface area contributed by atoms with Crippen LogP contribution in [0.5, 0.6) is 6.01 Å². The summed E-state index contributed by atoms with van der Waals surface area (Å²) in [5, 5.41) is 0.508. The summed E-state index contributed by atoms with van der Waals surface area (Å²) in [6, 6.07) is 20.3. The van der Waals surface area contributed by atoms with Crippen LogP contribution in [0.3, 0.4) is 0 Å². The van der Waals surface area contributed by atoms with Crippen molar-refractivity contribution in [2.75, 3.05) is 6.61 Å². The van der Waals surface area contributed by atoms with E-state index in [-0.39, 0.29) is 12.7 Å². The molecule has 1 fully saturated rings. The number of pyridine rings is 1. The number of nitrogens with one attached hydrogen (secondary N) is 1. The van der Waals surface area contributed by atoms with Crippen molar-refractivity contribution in [2.45, 2.75) is 18.6 Å². The molecular formula is C23H19ClN4O3. The number of rotatable bonds is 5. The first-order chi connectivity index (χ1) is 15.1. The zero-order chi connectivity index (χ0) is 21.4. The number of hydrogen-bond donors (Lipinski definition) is 2. The number of H-pyrrole nitrogens is 1. The number of aromatic amines is 1. The summed E-state index contributed by atoms with van der Waals surface area (Å²) in [5.41, 5.74) is 10.2. The lowest BCUT2D eigenvalue weighted by Gasteiger charge is -2.07. The first kappa shape index (κ1) is 19.5. The summed E-state index contributed by atoms with van der Waals surface area (Å²) >= 11 is 6.51. The van der Waals surface area contributed by atoms with Crippen LogP contribution in [0.4, 0.5) is 0 Å². The molecule has 8 heteroatoms. The number of imidazole rings is 1. The third kappa shape index (κ3) is 3.97. The molecule has 0 saturated carbocycles. The number of nitrogens with zero attached hydrogens (tertiary/aromatic N) is 2. The Balaban J connectivity index is 1.39. The number of halogens is 1. The molecule has 3 N–H and O–H groups in total. The fourth-order valence-corrected chi connectivity index (χ4v) is 3.90. The molecule has 31 heavy (non-hydrogen) atoms. The Bertz CT molecular complexity index is 1240. The minimum Gasteiger partial charge on any atom is -0.459 e.